The molecule has 2 aromatic heterocycles. The number of anilines is 1. The van der Waals surface area contributed by atoms with Gasteiger partial charge < -0.3 is 4.42 Å². The van der Waals surface area contributed by atoms with Crippen molar-refractivity contribution in [3.05, 3.63) is 77.7 Å². The number of nitrogens with zero attached hydrogens (tertiary/aromatic N) is 2. The van der Waals surface area contributed by atoms with E-state index in [0.717, 1.165) is 27.6 Å². The fourth-order valence-corrected chi connectivity index (χ4v) is 4.79. The molecule has 2 aromatic carbocycles. The van der Waals surface area contributed by atoms with Gasteiger partial charge in [0.05, 0.1) is 34.3 Å². The highest BCUT2D eigenvalue weighted by atomic mass is 32.2. The van der Waals surface area contributed by atoms with Crippen LogP contribution in [0.15, 0.2) is 70.2 Å². The third kappa shape index (κ3) is 4.44. The monoisotopic (exact) mass is 440 g/mol. The Hall–Kier alpha value is -2.97. The second kappa shape index (κ2) is 8.04. The van der Waals surface area contributed by atoms with E-state index >= 15 is 0 Å². The quantitative estimate of drug-likeness (QED) is 0.445. The van der Waals surface area contributed by atoms with Gasteiger partial charge in [-0.3, -0.25) is 9.69 Å². The third-order valence-electron chi connectivity index (χ3n) is 4.67. The Labute approximate surface area is 178 Å². The van der Waals surface area contributed by atoms with Gasteiger partial charge in [0.25, 0.3) is 0 Å². The molecule has 0 atom stereocenters. The largest absolute Gasteiger partial charge is 0.467 e. The van der Waals surface area contributed by atoms with Crippen molar-refractivity contribution in [2.24, 2.45) is 0 Å². The highest BCUT2D eigenvalue weighted by Gasteiger charge is 2.22. The summed E-state index contributed by atoms with van der Waals surface area (Å²) in [7, 11) is -3.28. The second-order valence-corrected chi connectivity index (χ2v) is 10.1. The van der Waals surface area contributed by atoms with Crippen molar-refractivity contribution < 1.29 is 17.6 Å². The van der Waals surface area contributed by atoms with Crippen LogP contribution >= 0.6 is 11.3 Å². The average Bonchev–Trinajstić information content (AvgIpc) is 3.34. The Kier molecular flexibility index (Phi) is 5.44. The molecule has 0 aliphatic carbocycles. The number of aryl methyl sites for hydroxylation is 1. The Morgan fingerprint density at radius 1 is 1.13 bits per heavy atom. The summed E-state index contributed by atoms with van der Waals surface area (Å²) in [6.07, 6.45) is 2.86. The zero-order valence-corrected chi connectivity index (χ0v) is 18.2. The molecule has 1 amide bonds. The average molecular weight is 441 g/mol. The summed E-state index contributed by atoms with van der Waals surface area (Å²) in [6.45, 7) is 2.29. The Morgan fingerprint density at radius 3 is 2.57 bits per heavy atom. The third-order valence-corrected chi connectivity index (χ3v) is 6.84. The number of sulfone groups is 1. The van der Waals surface area contributed by atoms with E-state index in [0.29, 0.717) is 10.9 Å². The molecular formula is C22H20N2O4S2. The van der Waals surface area contributed by atoms with Gasteiger partial charge in [-0.2, -0.15) is 0 Å². The van der Waals surface area contributed by atoms with Crippen LogP contribution in [0.1, 0.15) is 16.9 Å². The number of carbonyl (C=O) groups excluding carboxylic acids is 1. The number of hydrogen-bond donors (Lipinski definition) is 0. The van der Waals surface area contributed by atoms with Crippen LogP contribution in [0.4, 0.5) is 5.13 Å². The molecule has 0 unspecified atom stereocenters. The van der Waals surface area contributed by atoms with E-state index in [2.05, 4.69) is 11.1 Å². The number of aromatic nitrogens is 1. The first-order valence-electron chi connectivity index (χ1n) is 9.28. The molecule has 0 radical (unpaired) electrons. The minimum absolute atomic E-state index is 0.125. The van der Waals surface area contributed by atoms with E-state index in [1.807, 2.05) is 25.1 Å². The smallest absolute Gasteiger partial charge is 0.233 e. The number of rotatable bonds is 6. The zero-order chi connectivity index (χ0) is 21.3. The van der Waals surface area contributed by atoms with Crippen LogP contribution in [0.3, 0.4) is 0 Å². The van der Waals surface area contributed by atoms with Crippen molar-refractivity contribution >= 4 is 42.4 Å². The summed E-state index contributed by atoms with van der Waals surface area (Å²) < 4.78 is 29.8. The van der Waals surface area contributed by atoms with E-state index in [1.54, 1.807) is 29.4 Å². The number of fused-ring (bicyclic) bond motifs is 1. The topological polar surface area (TPSA) is 80.5 Å². The van der Waals surface area contributed by atoms with Crippen LogP contribution in [0.5, 0.6) is 0 Å². The maximum Gasteiger partial charge on any atom is 0.233 e. The maximum absolute atomic E-state index is 13.2. The van der Waals surface area contributed by atoms with Crippen LogP contribution in [0.25, 0.3) is 10.2 Å². The standard InChI is InChI=1S/C22H20N2O4S2/c1-15-5-10-19-20(12-15)29-22(23-19)24(14-17-4-3-11-28-17)21(25)13-16-6-8-18(9-7-16)30(2,26)27/h3-12H,13-14H2,1-2H3. The molecule has 0 N–H and O–H groups in total. The lowest BCUT2D eigenvalue weighted by atomic mass is 10.1. The molecule has 0 bridgehead atoms. The van der Waals surface area contributed by atoms with Gasteiger partial charge in [-0.15, -0.1) is 0 Å². The SMILES string of the molecule is Cc1ccc2nc(N(Cc3ccco3)C(=O)Cc3ccc(S(C)(=O)=O)cc3)sc2c1. The lowest BCUT2D eigenvalue weighted by Gasteiger charge is -2.19. The van der Waals surface area contributed by atoms with Crippen LogP contribution in [-0.2, 0) is 27.6 Å². The Morgan fingerprint density at radius 2 is 1.90 bits per heavy atom. The molecule has 6 nitrogen and oxygen atoms in total. The van der Waals surface area contributed by atoms with Crippen molar-refractivity contribution in [3.8, 4) is 0 Å². The first-order valence-corrected chi connectivity index (χ1v) is 12.0. The molecule has 0 saturated carbocycles. The molecule has 0 aliphatic heterocycles. The first-order chi connectivity index (χ1) is 14.3. The van der Waals surface area contributed by atoms with Crippen molar-refractivity contribution in [3.63, 3.8) is 0 Å². The van der Waals surface area contributed by atoms with E-state index in [-0.39, 0.29) is 23.8 Å². The van der Waals surface area contributed by atoms with Gasteiger partial charge in [0.2, 0.25) is 5.91 Å². The molecule has 2 heterocycles. The summed E-state index contributed by atoms with van der Waals surface area (Å²) in [5.41, 5.74) is 2.71. The molecule has 0 saturated heterocycles. The van der Waals surface area contributed by atoms with Gasteiger partial charge >= 0.3 is 0 Å². The molecule has 4 aromatic rings. The number of hydrogen-bond acceptors (Lipinski definition) is 6. The number of furan rings is 1. The normalized spacial score (nSPS) is 11.7. The van der Waals surface area contributed by atoms with E-state index in [1.165, 1.54) is 23.5 Å². The minimum atomic E-state index is -3.28. The zero-order valence-electron chi connectivity index (χ0n) is 16.5. The Bertz CT molecular complexity index is 1290. The van der Waals surface area contributed by atoms with Gasteiger partial charge in [0, 0.05) is 6.26 Å². The van der Waals surface area contributed by atoms with Crippen LogP contribution in [0.2, 0.25) is 0 Å². The molecule has 30 heavy (non-hydrogen) atoms. The first kappa shape index (κ1) is 20.3. The fourth-order valence-electron chi connectivity index (χ4n) is 3.08. The van der Waals surface area contributed by atoms with Crippen LogP contribution in [0, 0.1) is 6.92 Å². The van der Waals surface area contributed by atoms with Crippen molar-refractivity contribution in [1.29, 1.82) is 0 Å². The van der Waals surface area contributed by atoms with E-state index in [4.69, 9.17) is 4.42 Å². The summed E-state index contributed by atoms with van der Waals surface area (Å²) >= 11 is 1.46. The molecule has 0 aliphatic rings. The van der Waals surface area contributed by atoms with Gasteiger partial charge in [0.15, 0.2) is 15.0 Å². The van der Waals surface area contributed by atoms with Gasteiger partial charge in [-0.1, -0.05) is 29.5 Å². The lowest BCUT2D eigenvalue weighted by Crippen LogP contribution is -2.31. The lowest BCUT2D eigenvalue weighted by molar-refractivity contribution is -0.118. The predicted octanol–water partition coefficient (Wildman–Crippen LogP) is 4.38. The minimum Gasteiger partial charge on any atom is -0.467 e. The molecule has 0 spiro atoms. The van der Waals surface area contributed by atoms with Crippen LogP contribution in [-0.4, -0.2) is 25.6 Å². The molecule has 4 rings (SSSR count). The summed E-state index contributed by atoms with van der Waals surface area (Å²) in [4.78, 5) is 19.7. The highest BCUT2D eigenvalue weighted by Crippen LogP contribution is 2.31. The van der Waals surface area contributed by atoms with E-state index < -0.39 is 9.84 Å². The highest BCUT2D eigenvalue weighted by molar-refractivity contribution is 7.90. The van der Waals surface area contributed by atoms with Crippen molar-refractivity contribution in [2.75, 3.05) is 11.2 Å². The maximum atomic E-state index is 13.2. The van der Waals surface area contributed by atoms with Crippen molar-refractivity contribution in [1.82, 2.24) is 4.98 Å². The molecule has 8 heteroatoms. The molecular weight excluding hydrogens is 420 g/mol. The van der Waals surface area contributed by atoms with E-state index in [9.17, 15) is 13.2 Å². The summed E-state index contributed by atoms with van der Waals surface area (Å²) in [5, 5.41) is 0.602. The number of carbonyl (C=O) groups is 1. The fraction of sp³-hybridized carbons (Fsp3) is 0.182. The number of amides is 1. The summed E-state index contributed by atoms with van der Waals surface area (Å²) in [5.74, 6) is 0.514. The van der Waals surface area contributed by atoms with Gasteiger partial charge in [-0.25, -0.2) is 13.4 Å². The predicted molar refractivity (Wildman–Crippen MR) is 118 cm³/mol. The van der Waals surface area contributed by atoms with Gasteiger partial charge in [0.1, 0.15) is 5.76 Å². The summed E-state index contributed by atoms with van der Waals surface area (Å²) in [6, 6.07) is 16.0. The molecule has 154 valence electrons. The number of benzene rings is 2. The van der Waals surface area contributed by atoms with Crippen LogP contribution < -0.4 is 4.90 Å². The van der Waals surface area contributed by atoms with Crippen molar-refractivity contribution in [2.45, 2.75) is 24.8 Å². The second-order valence-electron chi connectivity index (χ2n) is 7.12. The molecule has 0 fully saturated rings. The number of thiazole rings is 1. The van der Waals surface area contributed by atoms with Gasteiger partial charge in [-0.05, 0) is 54.4 Å². The Balaban J connectivity index is 1.63.